The second-order valence-corrected chi connectivity index (χ2v) is 5.53. The van der Waals surface area contributed by atoms with Crippen molar-refractivity contribution in [1.82, 2.24) is 5.32 Å². The Balaban J connectivity index is 1.92. The summed E-state index contributed by atoms with van der Waals surface area (Å²) in [5.74, 6) is 1.75. The number of benzene rings is 2. The van der Waals surface area contributed by atoms with Crippen LogP contribution in [0, 0.1) is 6.92 Å². The van der Waals surface area contributed by atoms with Crippen LogP contribution in [0.3, 0.4) is 0 Å². The molecule has 0 unspecified atom stereocenters. The van der Waals surface area contributed by atoms with Crippen LogP contribution in [-0.4, -0.2) is 33.9 Å². The smallest absolute Gasteiger partial charge is 0.319 e. The monoisotopic (exact) mass is 344 g/mol. The molecule has 134 valence electrons. The molecule has 0 fully saturated rings. The van der Waals surface area contributed by atoms with E-state index in [-0.39, 0.29) is 6.03 Å². The van der Waals surface area contributed by atoms with Gasteiger partial charge < -0.3 is 24.8 Å². The SMILES string of the molecule is COc1cc(CCNC(=O)Nc2ccc(C)cc2)cc(OC)c1OC. The van der Waals surface area contributed by atoms with Crippen molar-refractivity contribution in [3.05, 3.63) is 47.5 Å². The van der Waals surface area contributed by atoms with Crippen molar-refractivity contribution in [2.24, 2.45) is 0 Å². The number of methoxy groups -OCH3 is 3. The summed E-state index contributed by atoms with van der Waals surface area (Å²) in [6, 6.07) is 11.2. The van der Waals surface area contributed by atoms with Crippen molar-refractivity contribution in [1.29, 1.82) is 0 Å². The lowest BCUT2D eigenvalue weighted by Crippen LogP contribution is -2.30. The number of urea groups is 1. The van der Waals surface area contributed by atoms with E-state index < -0.39 is 0 Å². The Morgan fingerprint density at radius 2 is 1.56 bits per heavy atom. The zero-order chi connectivity index (χ0) is 18.2. The molecular formula is C19H24N2O4. The Morgan fingerprint density at radius 3 is 2.08 bits per heavy atom. The maximum absolute atomic E-state index is 11.9. The molecule has 6 nitrogen and oxygen atoms in total. The molecular weight excluding hydrogens is 320 g/mol. The highest BCUT2D eigenvalue weighted by molar-refractivity contribution is 5.89. The number of hydrogen-bond donors (Lipinski definition) is 2. The summed E-state index contributed by atoms with van der Waals surface area (Å²) >= 11 is 0. The molecule has 0 aliphatic carbocycles. The molecule has 25 heavy (non-hydrogen) atoms. The third kappa shape index (κ3) is 5.04. The Kier molecular flexibility index (Phi) is 6.51. The van der Waals surface area contributed by atoms with E-state index in [1.807, 2.05) is 43.3 Å². The van der Waals surface area contributed by atoms with Gasteiger partial charge in [0.2, 0.25) is 5.75 Å². The standard InChI is InChI=1S/C19H24N2O4/c1-13-5-7-15(8-6-13)21-19(22)20-10-9-14-11-16(23-2)18(25-4)17(12-14)24-3/h5-8,11-12H,9-10H2,1-4H3,(H2,20,21,22). The fraction of sp³-hybridized carbons (Fsp3) is 0.316. The van der Waals surface area contributed by atoms with E-state index in [1.165, 1.54) is 0 Å². The molecule has 2 amide bonds. The minimum Gasteiger partial charge on any atom is -0.493 e. The number of ether oxygens (including phenoxy) is 3. The average Bonchev–Trinajstić information content (AvgIpc) is 2.62. The molecule has 0 saturated heterocycles. The molecule has 6 heteroatoms. The van der Waals surface area contributed by atoms with Gasteiger partial charge in [0.1, 0.15) is 0 Å². The van der Waals surface area contributed by atoms with Crippen LogP contribution in [0.2, 0.25) is 0 Å². The molecule has 2 aromatic carbocycles. The van der Waals surface area contributed by atoms with Crippen LogP contribution in [0.4, 0.5) is 10.5 Å². The second kappa shape index (κ2) is 8.82. The van der Waals surface area contributed by atoms with Crippen LogP contribution in [0.1, 0.15) is 11.1 Å². The summed E-state index contributed by atoms with van der Waals surface area (Å²) in [6.45, 7) is 2.48. The molecule has 2 rings (SSSR count). The van der Waals surface area contributed by atoms with Gasteiger partial charge in [0.05, 0.1) is 21.3 Å². The normalized spacial score (nSPS) is 10.1. The molecule has 0 aromatic heterocycles. The first-order valence-corrected chi connectivity index (χ1v) is 7.97. The van der Waals surface area contributed by atoms with Crippen molar-refractivity contribution in [2.75, 3.05) is 33.2 Å². The third-order valence-electron chi connectivity index (χ3n) is 3.73. The number of nitrogens with one attached hydrogen (secondary N) is 2. The minimum absolute atomic E-state index is 0.240. The van der Waals surface area contributed by atoms with E-state index in [0.717, 1.165) is 16.8 Å². The highest BCUT2D eigenvalue weighted by Crippen LogP contribution is 2.38. The van der Waals surface area contributed by atoms with Gasteiger partial charge in [-0.05, 0) is 43.2 Å². The van der Waals surface area contributed by atoms with Crippen molar-refractivity contribution < 1.29 is 19.0 Å². The summed E-state index contributed by atoms with van der Waals surface area (Å²) in [6.07, 6.45) is 0.637. The fourth-order valence-corrected chi connectivity index (χ4v) is 2.41. The van der Waals surface area contributed by atoms with Gasteiger partial charge in [-0.2, -0.15) is 0 Å². The van der Waals surface area contributed by atoms with Crippen molar-refractivity contribution in [3.8, 4) is 17.2 Å². The van der Waals surface area contributed by atoms with Crippen LogP contribution >= 0.6 is 0 Å². The largest absolute Gasteiger partial charge is 0.493 e. The minimum atomic E-state index is -0.240. The molecule has 0 radical (unpaired) electrons. The predicted octanol–water partition coefficient (Wildman–Crippen LogP) is 3.39. The Bertz CT molecular complexity index is 689. The fourth-order valence-electron chi connectivity index (χ4n) is 2.41. The van der Waals surface area contributed by atoms with Crippen molar-refractivity contribution >= 4 is 11.7 Å². The number of hydrogen-bond acceptors (Lipinski definition) is 4. The number of carbonyl (C=O) groups is 1. The maximum atomic E-state index is 11.9. The third-order valence-corrected chi connectivity index (χ3v) is 3.73. The predicted molar refractivity (Wildman–Crippen MR) is 98.0 cm³/mol. The first-order valence-electron chi connectivity index (χ1n) is 7.97. The first kappa shape index (κ1) is 18.4. The number of rotatable bonds is 7. The topological polar surface area (TPSA) is 68.8 Å². The lowest BCUT2D eigenvalue weighted by atomic mass is 10.1. The quantitative estimate of drug-likeness (QED) is 0.808. The number of aryl methyl sites for hydroxylation is 1. The summed E-state index contributed by atoms with van der Waals surface area (Å²) in [4.78, 5) is 11.9. The molecule has 2 aromatic rings. The number of anilines is 1. The average molecular weight is 344 g/mol. The lowest BCUT2D eigenvalue weighted by Gasteiger charge is -2.14. The van der Waals surface area contributed by atoms with Gasteiger partial charge in [-0.3, -0.25) is 0 Å². The van der Waals surface area contributed by atoms with Crippen LogP contribution in [0.15, 0.2) is 36.4 Å². The molecule has 2 N–H and O–H groups in total. The zero-order valence-corrected chi connectivity index (χ0v) is 15.0. The Labute approximate surface area is 148 Å². The summed E-state index contributed by atoms with van der Waals surface area (Å²) < 4.78 is 16.0. The number of amides is 2. The van der Waals surface area contributed by atoms with E-state index in [4.69, 9.17) is 14.2 Å². The molecule has 0 atom stereocenters. The molecule has 0 heterocycles. The van der Waals surface area contributed by atoms with Crippen molar-refractivity contribution in [3.63, 3.8) is 0 Å². The van der Waals surface area contributed by atoms with Gasteiger partial charge in [-0.15, -0.1) is 0 Å². The van der Waals surface area contributed by atoms with Gasteiger partial charge in [0.25, 0.3) is 0 Å². The van der Waals surface area contributed by atoms with Gasteiger partial charge in [-0.1, -0.05) is 17.7 Å². The van der Waals surface area contributed by atoms with Gasteiger partial charge in [0.15, 0.2) is 11.5 Å². The highest BCUT2D eigenvalue weighted by Gasteiger charge is 2.13. The van der Waals surface area contributed by atoms with Crippen LogP contribution in [-0.2, 0) is 6.42 Å². The highest BCUT2D eigenvalue weighted by atomic mass is 16.5. The van der Waals surface area contributed by atoms with Crippen LogP contribution in [0.5, 0.6) is 17.2 Å². The van der Waals surface area contributed by atoms with E-state index in [1.54, 1.807) is 21.3 Å². The molecule has 0 aliphatic heterocycles. The zero-order valence-electron chi connectivity index (χ0n) is 15.0. The van der Waals surface area contributed by atoms with Gasteiger partial charge in [0, 0.05) is 12.2 Å². The molecule has 0 saturated carbocycles. The van der Waals surface area contributed by atoms with E-state index in [2.05, 4.69) is 10.6 Å². The van der Waals surface area contributed by atoms with Gasteiger partial charge >= 0.3 is 6.03 Å². The Hall–Kier alpha value is -2.89. The summed E-state index contributed by atoms with van der Waals surface area (Å²) in [5.41, 5.74) is 2.88. The second-order valence-electron chi connectivity index (χ2n) is 5.53. The summed E-state index contributed by atoms with van der Waals surface area (Å²) in [5, 5.41) is 5.63. The first-order chi connectivity index (χ1) is 12.1. The van der Waals surface area contributed by atoms with E-state index >= 15 is 0 Å². The summed E-state index contributed by atoms with van der Waals surface area (Å²) in [7, 11) is 4.72. The van der Waals surface area contributed by atoms with Gasteiger partial charge in [-0.25, -0.2) is 4.79 Å². The molecule has 0 bridgehead atoms. The van der Waals surface area contributed by atoms with Crippen LogP contribution in [0.25, 0.3) is 0 Å². The van der Waals surface area contributed by atoms with E-state index in [9.17, 15) is 4.79 Å². The lowest BCUT2D eigenvalue weighted by molar-refractivity contribution is 0.252. The number of carbonyl (C=O) groups excluding carboxylic acids is 1. The van der Waals surface area contributed by atoms with E-state index in [0.29, 0.717) is 30.2 Å². The Morgan fingerprint density at radius 1 is 0.960 bits per heavy atom. The molecule has 0 spiro atoms. The van der Waals surface area contributed by atoms with Crippen molar-refractivity contribution in [2.45, 2.75) is 13.3 Å². The van der Waals surface area contributed by atoms with Crippen LogP contribution < -0.4 is 24.8 Å². The maximum Gasteiger partial charge on any atom is 0.319 e. The molecule has 0 aliphatic rings.